The van der Waals surface area contributed by atoms with Gasteiger partial charge in [0.25, 0.3) is 5.91 Å². The Bertz CT molecular complexity index is 801. The van der Waals surface area contributed by atoms with Crippen LogP contribution in [0.25, 0.3) is 0 Å². The Morgan fingerprint density at radius 1 is 1.04 bits per heavy atom. The van der Waals surface area contributed by atoms with E-state index in [1.807, 2.05) is 79.0 Å². The van der Waals surface area contributed by atoms with Crippen LogP contribution in [0, 0.1) is 0 Å². The highest BCUT2D eigenvalue weighted by Crippen LogP contribution is 2.19. The maximum Gasteiger partial charge on any atom is 0.282 e. The van der Waals surface area contributed by atoms with Crippen LogP contribution in [0.5, 0.6) is 0 Å². The Balaban J connectivity index is 1.72. The van der Waals surface area contributed by atoms with Crippen molar-refractivity contribution < 1.29 is 14.5 Å². The minimum atomic E-state index is -0.279. The van der Waals surface area contributed by atoms with Crippen LogP contribution in [-0.4, -0.2) is 11.9 Å². The lowest BCUT2D eigenvalue weighted by Crippen LogP contribution is -2.92. The molecule has 128 valence electrons. The van der Waals surface area contributed by atoms with Gasteiger partial charge in [0.05, 0.1) is 6.26 Å². The molecule has 3 N–H and O–H groups in total. The summed E-state index contributed by atoms with van der Waals surface area (Å²) in [6.07, 6.45) is 1.66. The number of quaternary nitrogens is 1. The van der Waals surface area contributed by atoms with E-state index in [0.29, 0.717) is 0 Å². The van der Waals surface area contributed by atoms with E-state index in [-0.39, 0.29) is 18.0 Å². The van der Waals surface area contributed by atoms with Crippen molar-refractivity contribution in [1.82, 2.24) is 0 Å². The molecule has 0 radical (unpaired) electrons. The van der Waals surface area contributed by atoms with Gasteiger partial charge in [0.2, 0.25) is 0 Å². The van der Waals surface area contributed by atoms with Gasteiger partial charge in [-0.1, -0.05) is 46.3 Å². The minimum absolute atomic E-state index is 0.0465. The number of amides is 1. The third kappa shape index (κ3) is 4.59. The zero-order valence-corrected chi connectivity index (χ0v) is 15.4. The fourth-order valence-electron chi connectivity index (χ4n) is 2.66. The molecule has 5 heteroatoms. The molecule has 4 nitrogen and oxygen atoms in total. The van der Waals surface area contributed by atoms with Crippen LogP contribution in [0.4, 0.5) is 5.69 Å². The van der Waals surface area contributed by atoms with Crippen molar-refractivity contribution >= 4 is 27.5 Å². The van der Waals surface area contributed by atoms with Crippen LogP contribution in [0.2, 0.25) is 0 Å². The van der Waals surface area contributed by atoms with Crippen molar-refractivity contribution in [1.29, 1.82) is 0 Å². The number of nitrogens with two attached hydrogens (primary N) is 1. The molecule has 0 spiro atoms. The summed E-state index contributed by atoms with van der Waals surface area (Å²) >= 11 is 3.39. The molecule has 1 aromatic heterocycles. The number of halogens is 1. The molecular weight excluding hydrogens is 380 g/mol. The van der Waals surface area contributed by atoms with E-state index in [9.17, 15) is 4.79 Å². The van der Waals surface area contributed by atoms with Gasteiger partial charge in [0, 0.05) is 15.7 Å². The van der Waals surface area contributed by atoms with E-state index < -0.39 is 0 Å². The van der Waals surface area contributed by atoms with E-state index in [2.05, 4.69) is 21.2 Å². The molecule has 0 fully saturated rings. The maximum atomic E-state index is 12.5. The summed E-state index contributed by atoms with van der Waals surface area (Å²) in [5.41, 5.74) is 1.88. The number of carbonyl (C=O) groups is 1. The number of rotatable bonds is 6. The van der Waals surface area contributed by atoms with E-state index in [0.717, 1.165) is 21.5 Å². The maximum absolute atomic E-state index is 12.5. The van der Waals surface area contributed by atoms with Gasteiger partial charge in [-0.3, -0.25) is 4.79 Å². The summed E-state index contributed by atoms with van der Waals surface area (Å²) in [6.45, 7) is 1.90. The summed E-state index contributed by atoms with van der Waals surface area (Å²) < 4.78 is 6.57. The Hall–Kier alpha value is -2.37. The first-order valence-corrected chi connectivity index (χ1v) is 8.92. The molecule has 0 aliphatic carbocycles. The van der Waals surface area contributed by atoms with Gasteiger partial charge in [0.15, 0.2) is 17.8 Å². The van der Waals surface area contributed by atoms with E-state index in [4.69, 9.17) is 4.42 Å². The Labute approximate surface area is 155 Å². The molecule has 3 aromatic rings. The first-order valence-electron chi connectivity index (χ1n) is 8.13. The summed E-state index contributed by atoms with van der Waals surface area (Å²) in [6, 6.07) is 21.1. The van der Waals surface area contributed by atoms with Crippen LogP contribution in [-0.2, 0) is 4.79 Å². The Morgan fingerprint density at radius 3 is 2.40 bits per heavy atom. The van der Waals surface area contributed by atoms with Gasteiger partial charge >= 0.3 is 0 Å². The minimum Gasteiger partial charge on any atom is -0.463 e. The molecule has 0 saturated heterocycles. The molecule has 1 heterocycles. The topological polar surface area (TPSA) is 58.9 Å². The third-order valence-corrected chi connectivity index (χ3v) is 4.54. The highest BCUT2D eigenvalue weighted by Gasteiger charge is 2.26. The molecular formula is C20H20BrN2O2+. The molecule has 3 rings (SSSR count). The standard InChI is InChI=1S/C20H19BrN2O2/c1-14(20(24)23-17-11-9-16(21)10-12-17)22-19(18-8-5-13-25-18)15-6-3-2-4-7-15/h2-14,19,22H,1H3,(H,23,24)/p+1/t14-,19+/m0/s1. The summed E-state index contributed by atoms with van der Waals surface area (Å²) in [5.74, 6) is 0.782. The summed E-state index contributed by atoms with van der Waals surface area (Å²) in [7, 11) is 0. The SMILES string of the molecule is C[C@H]([NH2+][C@H](c1ccccc1)c1ccco1)C(=O)Nc1ccc(Br)cc1. The number of hydrogen-bond acceptors (Lipinski definition) is 2. The lowest BCUT2D eigenvalue weighted by Gasteiger charge is -2.18. The quantitative estimate of drug-likeness (QED) is 0.663. The molecule has 0 unspecified atom stereocenters. The van der Waals surface area contributed by atoms with E-state index in [1.54, 1.807) is 6.26 Å². The Kier molecular flexibility index (Phi) is 5.68. The number of hydrogen-bond donors (Lipinski definition) is 2. The van der Waals surface area contributed by atoms with Crippen LogP contribution >= 0.6 is 15.9 Å². The summed E-state index contributed by atoms with van der Waals surface area (Å²) in [5, 5.41) is 4.97. The fourth-order valence-corrected chi connectivity index (χ4v) is 2.93. The van der Waals surface area contributed by atoms with Crippen LogP contribution < -0.4 is 10.6 Å². The van der Waals surface area contributed by atoms with Crippen molar-refractivity contribution in [2.75, 3.05) is 5.32 Å². The van der Waals surface area contributed by atoms with E-state index in [1.165, 1.54) is 0 Å². The molecule has 0 aliphatic heterocycles. The zero-order valence-electron chi connectivity index (χ0n) is 13.9. The van der Waals surface area contributed by atoms with Gasteiger partial charge in [-0.2, -0.15) is 0 Å². The second-order valence-corrected chi connectivity index (χ2v) is 6.80. The highest BCUT2D eigenvalue weighted by atomic mass is 79.9. The lowest BCUT2D eigenvalue weighted by molar-refractivity contribution is -0.706. The smallest absolute Gasteiger partial charge is 0.282 e. The molecule has 25 heavy (non-hydrogen) atoms. The molecule has 0 bridgehead atoms. The second kappa shape index (κ2) is 8.14. The molecule has 1 amide bonds. The van der Waals surface area contributed by atoms with Gasteiger partial charge in [-0.25, -0.2) is 0 Å². The van der Waals surface area contributed by atoms with Gasteiger partial charge < -0.3 is 15.1 Å². The van der Waals surface area contributed by atoms with Gasteiger partial charge in [-0.15, -0.1) is 0 Å². The van der Waals surface area contributed by atoms with Crippen LogP contribution in [0.1, 0.15) is 24.3 Å². The fraction of sp³-hybridized carbons (Fsp3) is 0.150. The number of carbonyl (C=O) groups excluding carboxylic acids is 1. The Morgan fingerprint density at radius 2 is 1.76 bits per heavy atom. The third-order valence-electron chi connectivity index (χ3n) is 4.01. The largest absolute Gasteiger partial charge is 0.463 e. The van der Waals surface area contributed by atoms with Crippen molar-refractivity contribution in [2.45, 2.75) is 19.0 Å². The number of nitrogens with one attached hydrogen (secondary N) is 1. The monoisotopic (exact) mass is 399 g/mol. The van der Waals surface area contributed by atoms with Crippen LogP contribution in [0.15, 0.2) is 81.9 Å². The highest BCUT2D eigenvalue weighted by molar-refractivity contribution is 9.10. The zero-order chi connectivity index (χ0) is 17.6. The second-order valence-electron chi connectivity index (χ2n) is 5.88. The predicted molar refractivity (Wildman–Crippen MR) is 101 cm³/mol. The van der Waals surface area contributed by atoms with Crippen molar-refractivity contribution in [3.05, 3.63) is 88.8 Å². The molecule has 2 aromatic carbocycles. The van der Waals surface area contributed by atoms with E-state index >= 15 is 0 Å². The average molecular weight is 400 g/mol. The van der Waals surface area contributed by atoms with Crippen molar-refractivity contribution in [3.63, 3.8) is 0 Å². The summed E-state index contributed by atoms with van der Waals surface area (Å²) in [4.78, 5) is 12.5. The normalized spacial score (nSPS) is 13.2. The first kappa shape index (κ1) is 17.5. The molecule has 0 aliphatic rings. The van der Waals surface area contributed by atoms with Gasteiger partial charge in [0.1, 0.15) is 0 Å². The molecule has 2 atom stereocenters. The first-order chi connectivity index (χ1) is 12.1. The van der Waals surface area contributed by atoms with Crippen molar-refractivity contribution in [3.8, 4) is 0 Å². The average Bonchev–Trinajstić information content (AvgIpc) is 3.16. The predicted octanol–water partition coefficient (Wildman–Crippen LogP) is 3.72. The number of anilines is 1. The lowest BCUT2D eigenvalue weighted by atomic mass is 10.0. The van der Waals surface area contributed by atoms with Gasteiger partial charge in [-0.05, 0) is 43.3 Å². The molecule has 0 saturated carbocycles. The number of furan rings is 1. The van der Waals surface area contributed by atoms with Crippen LogP contribution in [0.3, 0.4) is 0 Å². The number of benzene rings is 2. The van der Waals surface area contributed by atoms with Crippen molar-refractivity contribution in [2.24, 2.45) is 0 Å².